The first-order chi connectivity index (χ1) is 15.2. The summed E-state index contributed by atoms with van der Waals surface area (Å²) in [7, 11) is 2.15. The number of hydrogen-bond acceptors (Lipinski definition) is 6. The van der Waals surface area contributed by atoms with Crippen molar-refractivity contribution in [1.29, 1.82) is 0 Å². The van der Waals surface area contributed by atoms with Crippen molar-refractivity contribution in [1.82, 2.24) is 9.80 Å². The van der Waals surface area contributed by atoms with Crippen LogP contribution in [0, 0.1) is 5.82 Å². The van der Waals surface area contributed by atoms with E-state index in [1.54, 1.807) is 30.0 Å². The molecule has 1 fully saturated rings. The minimum atomic E-state index is -1.26. The molecule has 0 aliphatic carbocycles. The molecule has 2 aromatic rings. The van der Waals surface area contributed by atoms with E-state index in [2.05, 4.69) is 16.8 Å². The number of carboxylic acids is 2. The lowest BCUT2D eigenvalue weighted by atomic mass is 9.96. The number of nitrogens with zero attached hydrogens (tertiary/aromatic N) is 2. The predicted octanol–water partition coefficient (Wildman–Crippen LogP) is 3.24. The summed E-state index contributed by atoms with van der Waals surface area (Å²) in [4.78, 5) is 26.0. The number of phenolic OH excluding ortho intramolecular Hbond substituents is 1. The molecule has 2 aliphatic heterocycles. The Morgan fingerprint density at radius 3 is 2.28 bits per heavy atom. The molecule has 0 aromatic heterocycles. The van der Waals surface area contributed by atoms with Gasteiger partial charge in [-0.1, -0.05) is 17.8 Å². The molecule has 2 aliphatic rings. The van der Waals surface area contributed by atoms with E-state index in [1.165, 1.54) is 5.56 Å². The Morgan fingerprint density at radius 1 is 1.00 bits per heavy atom. The first-order valence-electron chi connectivity index (χ1n) is 10.1. The summed E-state index contributed by atoms with van der Waals surface area (Å²) in [6.07, 6.45) is 1.97. The molecule has 0 radical (unpaired) electrons. The summed E-state index contributed by atoms with van der Waals surface area (Å²) < 4.78 is 13.7. The van der Waals surface area contributed by atoms with E-state index in [0.29, 0.717) is 17.9 Å². The van der Waals surface area contributed by atoms with Gasteiger partial charge in [0.25, 0.3) is 0 Å². The Labute approximate surface area is 189 Å². The standard InChI is InChI=1S/C19H21FN2OS.C4H4O4/c1-21-6-8-22(9-7-21)17-10-13-2-3-14(20)11-19(13)24-18-5-4-15(23)12-16(17)18;5-3(6)1-2-4(7)8/h2-5,11-12,17,23H,6-10H2,1H3;1-2H,(H,5,6)(H,7,8)/b;2-1-. The molecule has 1 saturated heterocycles. The van der Waals surface area contributed by atoms with E-state index in [-0.39, 0.29) is 11.9 Å². The van der Waals surface area contributed by atoms with Crippen LogP contribution in [0.25, 0.3) is 0 Å². The van der Waals surface area contributed by atoms with Crippen LogP contribution in [0.2, 0.25) is 0 Å². The first kappa shape index (κ1) is 23.8. The molecule has 3 N–H and O–H groups in total. The Balaban J connectivity index is 0.000000312. The molecule has 0 amide bonds. The van der Waals surface area contributed by atoms with E-state index in [9.17, 15) is 19.1 Å². The lowest BCUT2D eigenvalue weighted by molar-refractivity contribution is -0.134. The van der Waals surface area contributed by atoms with E-state index in [0.717, 1.165) is 48.0 Å². The number of hydrogen-bond donors (Lipinski definition) is 3. The number of benzene rings is 2. The third-order valence-corrected chi connectivity index (χ3v) is 6.55. The van der Waals surface area contributed by atoms with Gasteiger partial charge in [0.05, 0.1) is 0 Å². The fourth-order valence-corrected chi connectivity index (χ4v) is 4.86. The van der Waals surface area contributed by atoms with Gasteiger partial charge in [0, 0.05) is 54.2 Å². The second kappa shape index (κ2) is 10.6. The van der Waals surface area contributed by atoms with Crippen molar-refractivity contribution in [2.75, 3.05) is 33.2 Å². The SMILES string of the molecule is CN1CCN(C2Cc3ccc(F)cc3Sc3ccc(O)cc32)CC1.O=C(O)/C=C\C(=O)O. The number of carboxylic acid groups (broad SMARTS) is 2. The summed E-state index contributed by atoms with van der Waals surface area (Å²) in [5.74, 6) is -2.41. The molecule has 170 valence electrons. The molecule has 0 spiro atoms. The molecule has 7 nitrogen and oxygen atoms in total. The molecule has 9 heteroatoms. The maximum atomic E-state index is 13.7. The van der Waals surface area contributed by atoms with Crippen LogP contribution in [-0.2, 0) is 16.0 Å². The second-order valence-electron chi connectivity index (χ2n) is 7.65. The van der Waals surface area contributed by atoms with Gasteiger partial charge in [-0.2, -0.15) is 0 Å². The average Bonchev–Trinajstić information content (AvgIpc) is 2.89. The van der Waals surface area contributed by atoms with Crippen molar-refractivity contribution in [3.8, 4) is 5.75 Å². The van der Waals surface area contributed by atoms with Gasteiger partial charge in [-0.3, -0.25) is 4.90 Å². The lowest BCUT2D eigenvalue weighted by Gasteiger charge is -2.38. The normalized spacial score (nSPS) is 18.8. The van der Waals surface area contributed by atoms with Crippen LogP contribution in [0.5, 0.6) is 5.75 Å². The van der Waals surface area contributed by atoms with Gasteiger partial charge >= 0.3 is 11.9 Å². The highest BCUT2D eigenvalue weighted by Gasteiger charge is 2.29. The number of aliphatic carboxylic acids is 2. The van der Waals surface area contributed by atoms with Gasteiger partial charge in [0.1, 0.15) is 11.6 Å². The van der Waals surface area contributed by atoms with E-state index < -0.39 is 11.9 Å². The van der Waals surface area contributed by atoms with Crippen molar-refractivity contribution in [3.63, 3.8) is 0 Å². The maximum Gasteiger partial charge on any atom is 0.328 e. The Kier molecular flexibility index (Phi) is 7.89. The van der Waals surface area contributed by atoms with Crippen molar-refractivity contribution in [3.05, 3.63) is 65.5 Å². The number of halogens is 1. The van der Waals surface area contributed by atoms with Crippen LogP contribution in [0.4, 0.5) is 4.39 Å². The van der Waals surface area contributed by atoms with Gasteiger partial charge in [-0.05, 0) is 54.9 Å². The fraction of sp³-hybridized carbons (Fsp3) is 0.304. The van der Waals surface area contributed by atoms with Gasteiger partial charge in [0.15, 0.2) is 0 Å². The second-order valence-corrected chi connectivity index (χ2v) is 8.73. The van der Waals surface area contributed by atoms with Gasteiger partial charge in [0.2, 0.25) is 0 Å². The molecule has 32 heavy (non-hydrogen) atoms. The summed E-state index contributed by atoms with van der Waals surface area (Å²) in [5.41, 5.74) is 2.34. The lowest BCUT2D eigenvalue weighted by Crippen LogP contribution is -2.46. The number of likely N-dealkylation sites (N-methyl/N-ethyl adjacent to an activating group) is 1. The number of piperazine rings is 1. The van der Waals surface area contributed by atoms with E-state index >= 15 is 0 Å². The molecule has 4 rings (SSSR count). The Bertz CT molecular complexity index is 1010. The smallest absolute Gasteiger partial charge is 0.328 e. The van der Waals surface area contributed by atoms with Gasteiger partial charge < -0.3 is 20.2 Å². The van der Waals surface area contributed by atoms with Gasteiger partial charge in [-0.15, -0.1) is 0 Å². The summed E-state index contributed by atoms with van der Waals surface area (Å²) in [6.45, 7) is 4.12. The maximum absolute atomic E-state index is 13.7. The third kappa shape index (κ3) is 6.32. The number of aromatic hydroxyl groups is 1. The molecular formula is C23H25FN2O5S. The molecule has 1 unspecified atom stereocenters. The molecular weight excluding hydrogens is 435 g/mol. The van der Waals surface area contributed by atoms with Crippen LogP contribution >= 0.6 is 11.8 Å². The van der Waals surface area contributed by atoms with Crippen LogP contribution in [-0.4, -0.2) is 70.3 Å². The Hall–Kier alpha value is -2.88. The summed E-state index contributed by atoms with van der Waals surface area (Å²) in [6, 6.07) is 10.9. The third-order valence-electron chi connectivity index (χ3n) is 5.36. The van der Waals surface area contributed by atoms with Crippen molar-refractivity contribution >= 4 is 23.7 Å². The van der Waals surface area contributed by atoms with Crippen LogP contribution in [0.3, 0.4) is 0 Å². The van der Waals surface area contributed by atoms with Crippen molar-refractivity contribution < 1.29 is 29.3 Å². The number of carbonyl (C=O) groups is 2. The highest BCUT2D eigenvalue weighted by Crippen LogP contribution is 2.44. The summed E-state index contributed by atoms with van der Waals surface area (Å²) in [5, 5.41) is 25.6. The average molecular weight is 461 g/mol. The highest BCUT2D eigenvalue weighted by molar-refractivity contribution is 7.99. The fourth-order valence-electron chi connectivity index (χ4n) is 3.72. The van der Waals surface area contributed by atoms with Crippen molar-refractivity contribution in [2.24, 2.45) is 0 Å². The highest BCUT2D eigenvalue weighted by atomic mass is 32.2. The van der Waals surface area contributed by atoms with Crippen LogP contribution in [0.15, 0.2) is 58.3 Å². The van der Waals surface area contributed by atoms with E-state index in [1.807, 2.05) is 18.2 Å². The summed E-state index contributed by atoms with van der Waals surface area (Å²) >= 11 is 1.61. The van der Waals surface area contributed by atoms with Crippen LogP contribution < -0.4 is 0 Å². The van der Waals surface area contributed by atoms with E-state index in [4.69, 9.17) is 10.2 Å². The molecule has 2 aromatic carbocycles. The number of fused-ring (bicyclic) bond motifs is 2. The van der Waals surface area contributed by atoms with Crippen LogP contribution in [0.1, 0.15) is 17.2 Å². The molecule has 2 heterocycles. The molecule has 1 atom stereocenters. The largest absolute Gasteiger partial charge is 0.508 e. The zero-order valence-electron chi connectivity index (χ0n) is 17.6. The predicted molar refractivity (Wildman–Crippen MR) is 119 cm³/mol. The first-order valence-corrected chi connectivity index (χ1v) is 10.9. The quantitative estimate of drug-likeness (QED) is 0.600. The minimum absolute atomic E-state index is 0.195. The number of rotatable bonds is 3. The Morgan fingerprint density at radius 2 is 1.66 bits per heavy atom. The minimum Gasteiger partial charge on any atom is -0.508 e. The zero-order chi connectivity index (χ0) is 23.3. The monoisotopic (exact) mass is 460 g/mol. The topological polar surface area (TPSA) is 101 Å². The van der Waals surface area contributed by atoms with Crippen molar-refractivity contribution in [2.45, 2.75) is 22.3 Å². The molecule has 0 saturated carbocycles. The van der Waals surface area contributed by atoms with Gasteiger partial charge in [-0.25, -0.2) is 14.0 Å². The number of phenols is 1. The zero-order valence-corrected chi connectivity index (χ0v) is 18.4. The molecule has 0 bridgehead atoms.